The molecule has 0 saturated carbocycles. The van der Waals surface area contributed by atoms with Gasteiger partial charge in [-0.1, -0.05) is 23.8 Å². The summed E-state index contributed by atoms with van der Waals surface area (Å²) in [5.74, 6) is -5.54. The van der Waals surface area contributed by atoms with Crippen LogP contribution in [0.5, 0.6) is 0 Å². The van der Waals surface area contributed by atoms with Crippen LogP contribution in [0.2, 0.25) is 0 Å². The fraction of sp³-hybridized carbons (Fsp3) is 0.316. The maximum atomic E-state index is 13.4. The fourth-order valence-corrected chi connectivity index (χ4v) is 4.53. The Labute approximate surface area is 177 Å². The molecule has 2 N–H and O–H groups in total. The molecule has 0 aliphatic carbocycles. The van der Waals surface area contributed by atoms with Gasteiger partial charge in [0.25, 0.3) is 5.91 Å². The van der Waals surface area contributed by atoms with Crippen molar-refractivity contribution in [2.24, 2.45) is 0 Å². The number of carbonyl (C=O) groups excluding carboxylic acids is 1. The van der Waals surface area contributed by atoms with Crippen molar-refractivity contribution in [2.75, 3.05) is 18.4 Å². The van der Waals surface area contributed by atoms with E-state index in [1.165, 1.54) is 12.2 Å². The Bertz CT molecular complexity index is 978. The van der Waals surface area contributed by atoms with Gasteiger partial charge in [0.05, 0.1) is 11.0 Å². The Balaban J connectivity index is 2.31. The Morgan fingerprint density at radius 3 is 2.30 bits per heavy atom. The monoisotopic (exact) mass is 464 g/mol. The number of carbonyl (C=O) groups is 1. The summed E-state index contributed by atoms with van der Waals surface area (Å²) in [4.78, 5) is 12.2. The zero-order valence-electron chi connectivity index (χ0n) is 15.9. The Morgan fingerprint density at radius 2 is 1.80 bits per heavy atom. The number of rotatable bonds is 6. The first-order valence-corrected chi connectivity index (χ1v) is 10.8. The molecule has 1 saturated heterocycles. The molecule has 0 radical (unpaired) electrons. The number of aliphatic hydroxyl groups excluding tert-OH is 1. The number of benzene rings is 1. The fourth-order valence-electron chi connectivity index (χ4n) is 2.75. The van der Waals surface area contributed by atoms with Gasteiger partial charge < -0.3 is 10.4 Å². The van der Waals surface area contributed by atoms with Gasteiger partial charge in [-0.25, -0.2) is 21.6 Å². The average Bonchev–Trinajstić information content (AvgIpc) is 2.69. The Kier molecular flexibility index (Phi) is 8.25. The van der Waals surface area contributed by atoms with Crippen LogP contribution in [0.25, 0.3) is 0 Å². The number of anilines is 1. The third-order valence-corrected chi connectivity index (χ3v) is 6.56. The number of nitrogens with one attached hydrogen (secondary N) is 1. The van der Waals surface area contributed by atoms with Crippen LogP contribution in [0.4, 0.5) is 18.9 Å². The second-order valence-corrected chi connectivity index (χ2v) is 8.61. The zero-order valence-corrected chi connectivity index (χ0v) is 17.5. The lowest BCUT2D eigenvalue weighted by Crippen LogP contribution is -2.40. The number of hydrogen-bond donors (Lipinski definition) is 2. The number of allylic oxidation sites excluding steroid dienone is 2. The third-order valence-electron chi connectivity index (χ3n) is 4.32. The average molecular weight is 465 g/mol. The summed E-state index contributed by atoms with van der Waals surface area (Å²) in [6, 6.07) is 1.19. The lowest BCUT2D eigenvalue weighted by molar-refractivity contribution is -0.112. The first-order valence-electron chi connectivity index (χ1n) is 8.89. The number of piperidine rings is 1. The van der Waals surface area contributed by atoms with Crippen molar-refractivity contribution in [3.8, 4) is 0 Å². The largest absolute Gasteiger partial charge is 0.393 e. The minimum Gasteiger partial charge on any atom is -0.393 e. The summed E-state index contributed by atoms with van der Waals surface area (Å²) in [7, 11) is -4.04. The molecule has 1 aliphatic heterocycles. The zero-order chi connectivity index (χ0) is 22.5. The third kappa shape index (κ3) is 5.72. The van der Waals surface area contributed by atoms with Gasteiger partial charge in [-0.3, -0.25) is 4.79 Å². The highest BCUT2D eigenvalue weighted by atomic mass is 35.5. The first kappa shape index (κ1) is 24.1. The minimum atomic E-state index is -4.04. The van der Waals surface area contributed by atoms with E-state index in [9.17, 15) is 31.5 Å². The van der Waals surface area contributed by atoms with Crippen LogP contribution in [0, 0.1) is 17.5 Å². The molecule has 2 rings (SSSR count). The first-order chi connectivity index (χ1) is 14.1. The second kappa shape index (κ2) is 10.3. The van der Waals surface area contributed by atoms with Crippen LogP contribution in [0.15, 0.2) is 46.4 Å². The number of hydrogen-bond acceptors (Lipinski definition) is 4. The number of aliphatic hydroxyl groups is 1. The molecule has 1 aliphatic rings. The molecule has 30 heavy (non-hydrogen) atoms. The van der Waals surface area contributed by atoms with E-state index in [-0.39, 0.29) is 42.1 Å². The molecule has 1 aromatic rings. The van der Waals surface area contributed by atoms with Gasteiger partial charge in [0, 0.05) is 42.0 Å². The highest BCUT2D eigenvalue weighted by Gasteiger charge is 2.30. The molecule has 1 amide bonds. The smallest absolute Gasteiger partial charge is 0.255 e. The van der Waals surface area contributed by atoms with E-state index in [4.69, 9.17) is 11.6 Å². The van der Waals surface area contributed by atoms with E-state index in [1.807, 2.05) is 0 Å². The molecule has 0 unspecified atom stereocenters. The van der Waals surface area contributed by atoms with Gasteiger partial charge >= 0.3 is 0 Å². The standard InChI is InChI=1S/C19H20ClF3N2O4S/c1-2-3-12(19(27)24-13-9-16(21)18(23)17(22)10-13)8-15(11-20)30(28,29)25-6-4-14(26)5-7-25/h2-3,8-11,14,26H,4-7H2,1H3,(H,24,27)/b3-2-,12-8+,15-11-. The maximum absolute atomic E-state index is 13.4. The summed E-state index contributed by atoms with van der Waals surface area (Å²) in [6.07, 6.45) is 3.69. The molecule has 1 aromatic carbocycles. The highest BCUT2D eigenvalue weighted by Crippen LogP contribution is 2.23. The van der Waals surface area contributed by atoms with Crippen LogP contribution in [0.1, 0.15) is 19.8 Å². The van der Waals surface area contributed by atoms with Crippen LogP contribution >= 0.6 is 11.6 Å². The summed E-state index contributed by atoms with van der Waals surface area (Å²) < 4.78 is 66.6. The van der Waals surface area contributed by atoms with Crippen molar-refractivity contribution in [3.63, 3.8) is 0 Å². The molecule has 164 valence electrons. The summed E-state index contributed by atoms with van der Waals surface area (Å²) in [5, 5.41) is 11.7. The normalized spacial score (nSPS) is 17.5. The van der Waals surface area contributed by atoms with Gasteiger partial charge in [-0.05, 0) is 25.8 Å². The van der Waals surface area contributed by atoms with Crippen molar-refractivity contribution < 1.29 is 31.5 Å². The van der Waals surface area contributed by atoms with Crippen molar-refractivity contribution in [2.45, 2.75) is 25.9 Å². The summed E-state index contributed by atoms with van der Waals surface area (Å²) in [5.41, 5.74) is 0.278. The van der Waals surface area contributed by atoms with Crippen molar-refractivity contribution >= 4 is 33.2 Å². The molecule has 0 aromatic heterocycles. The second-order valence-electron chi connectivity index (χ2n) is 6.45. The maximum Gasteiger partial charge on any atom is 0.255 e. The molecular weight excluding hydrogens is 445 g/mol. The highest BCUT2D eigenvalue weighted by molar-refractivity contribution is 7.93. The Morgan fingerprint density at radius 1 is 1.23 bits per heavy atom. The number of amides is 1. The quantitative estimate of drug-likeness (QED) is 0.384. The number of nitrogens with zero attached hydrogens (tertiary/aromatic N) is 1. The predicted octanol–water partition coefficient (Wildman–Crippen LogP) is 3.41. The molecule has 11 heteroatoms. The molecule has 1 heterocycles. The minimum absolute atomic E-state index is 0.0881. The van der Waals surface area contributed by atoms with E-state index in [0.29, 0.717) is 12.1 Å². The van der Waals surface area contributed by atoms with Gasteiger partial charge in [-0.2, -0.15) is 4.31 Å². The van der Waals surface area contributed by atoms with Gasteiger partial charge in [0.1, 0.15) is 0 Å². The molecule has 0 atom stereocenters. The molecule has 1 fully saturated rings. The van der Waals surface area contributed by atoms with Crippen LogP contribution < -0.4 is 5.32 Å². The molecule has 6 nitrogen and oxygen atoms in total. The molecule has 0 bridgehead atoms. The van der Waals surface area contributed by atoms with Gasteiger partial charge in [0.2, 0.25) is 10.0 Å². The van der Waals surface area contributed by atoms with E-state index >= 15 is 0 Å². The van der Waals surface area contributed by atoms with Gasteiger partial charge in [-0.15, -0.1) is 0 Å². The van der Waals surface area contributed by atoms with Crippen molar-refractivity contribution in [1.82, 2.24) is 4.31 Å². The molecule has 0 spiro atoms. The number of halogens is 4. The SMILES string of the molecule is C\C=C/C(=C\C(=C\Cl)S(=O)(=O)N1CCC(O)CC1)C(=O)Nc1cc(F)c(F)c(F)c1. The predicted molar refractivity (Wildman–Crippen MR) is 108 cm³/mol. The van der Waals surface area contributed by atoms with E-state index in [2.05, 4.69) is 5.32 Å². The van der Waals surface area contributed by atoms with Crippen LogP contribution in [-0.2, 0) is 14.8 Å². The van der Waals surface area contributed by atoms with Crippen molar-refractivity contribution in [1.29, 1.82) is 0 Å². The number of sulfonamides is 1. The summed E-state index contributed by atoms with van der Waals surface area (Å²) >= 11 is 5.71. The van der Waals surface area contributed by atoms with E-state index in [0.717, 1.165) is 15.9 Å². The molecular formula is C19H20ClF3N2O4S. The lowest BCUT2D eigenvalue weighted by atomic mass is 10.1. The van der Waals surface area contributed by atoms with E-state index < -0.39 is 39.5 Å². The van der Waals surface area contributed by atoms with Crippen molar-refractivity contribution in [3.05, 3.63) is 63.8 Å². The Hall–Kier alpha value is -2.14. The summed E-state index contributed by atoms with van der Waals surface area (Å²) in [6.45, 7) is 1.75. The van der Waals surface area contributed by atoms with Crippen LogP contribution in [-0.4, -0.2) is 42.9 Å². The van der Waals surface area contributed by atoms with E-state index in [1.54, 1.807) is 6.92 Å². The van der Waals surface area contributed by atoms with Crippen LogP contribution in [0.3, 0.4) is 0 Å². The van der Waals surface area contributed by atoms with Gasteiger partial charge in [0.15, 0.2) is 17.5 Å². The topological polar surface area (TPSA) is 86.7 Å². The lowest BCUT2D eigenvalue weighted by Gasteiger charge is -2.29.